The highest BCUT2D eigenvalue weighted by atomic mass is 16.5. The van der Waals surface area contributed by atoms with Crippen LogP contribution in [0.5, 0.6) is 0 Å². The minimum absolute atomic E-state index is 0.269. The number of furan rings is 1. The van der Waals surface area contributed by atoms with Gasteiger partial charge in [-0.1, -0.05) is 12.1 Å². The summed E-state index contributed by atoms with van der Waals surface area (Å²) in [5.41, 5.74) is 9.01. The van der Waals surface area contributed by atoms with Crippen LogP contribution in [0.15, 0.2) is 53.1 Å². The van der Waals surface area contributed by atoms with Crippen LogP contribution >= 0.6 is 0 Å². The van der Waals surface area contributed by atoms with Gasteiger partial charge in [0, 0.05) is 18.3 Å². The summed E-state index contributed by atoms with van der Waals surface area (Å²) < 4.78 is 12.0. The summed E-state index contributed by atoms with van der Waals surface area (Å²) in [6.07, 6.45) is 2.45. The van der Waals surface area contributed by atoms with Crippen LogP contribution in [-0.4, -0.2) is 45.4 Å². The SMILES string of the molecule is Nc1nc(NCCc2ccc(NC3COC3)cc2)cc2nc(-c3ccco3)nn12. The van der Waals surface area contributed by atoms with E-state index in [9.17, 15) is 0 Å². The number of nitrogen functional groups attached to an aromatic ring is 1. The molecule has 1 saturated heterocycles. The number of anilines is 3. The van der Waals surface area contributed by atoms with Crippen LogP contribution < -0.4 is 16.4 Å². The van der Waals surface area contributed by atoms with Crippen LogP contribution in [0, 0.1) is 0 Å². The van der Waals surface area contributed by atoms with E-state index in [0.29, 0.717) is 29.1 Å². The summed E-state index contributed by atoms with van der Waals surface area (Å²) in [5.74, 6) is 2.00. The van der Waals surface area contributed by atoms with Gasteiger partial charge in [0.25, 0.3) is 0 Å². The molecular weight excluding hydrogens is 370 g/mol. The van der Waals surface area contributed by atoms with Gasteiger partial charge >= 0.3 is 0 Å². The van der Waals surface area contributed by atoms with E-state index in [1.807, 2.05) is 6.07 Å². The Balaban J connectivity index is 1.22. The summed E-state index contributed by atoms with van der Waals surface area (Å²) in [5, 5.41) is 11.1. The molecule has 1 aromatic carbocycles. The highest BCUT2D eigenvalue weighted by molar-refractivity contribution is 5.58. The van der Waals surface area contributed by atoms with Crippen molar-refractivity contribution < 1.29 is 9.15 Å². The van der Waals surface area contributed by atoms with E-state index in [2.05, 4.69) is 50.0 Å². The summed E-state index contributed by atoms with van der Waals surface area (Å²) in [4.78, 5) is 8.83. The summed E-state index contributed by atoms with van der Waals surface area (Å²) in [6.45, 7) is 2.29. The molecule has 0 bridgehead atoms. The maximum absolute atomic E-state index is 6.04. The molecular formula is C20H21N7O2. The van der Waals surface area contributed by atoms with Gasteiger partial charge in [0.15, 0.2) is 11.4 Å². The molecule has 29 heavy (non-hydrogen) atoms. The number of hydrogen-bond donors (Lipinski definition) is 3. The molecule has 1 fully saturated rings. The van der Waals surface area contributed by atoms with Gasteiger partial charge in [-0.05, 0) is 36.2 Å². The lowest BCUT2D eigenvalue weighted by Gasteiger charge is -2.27. The van der Waals surface area contributed by atoms with Gasteiger partial charge < -0.3 is 25.5 Å². The molecule has 4 N–H and O–H groups in total. The fraction of sp³-hybridized carbons (Fsp3) is 0.250. The molecule has 148 valence electrons. The molecule has 0 aliphatic carbocycles. The number of aromatic nitrogens is 4. The molecule has 4 heterocycles. The molecule has 9 nitrogen and oxygen atoms in total. The average Bonchev–Trinajstić information content (AvgIpc) is 3.35. The van der Waals surface area contributed by atoms with Crippen LogP contribution in [0.1, 0.15) is 5.56 Å². The third kappa shape index (κ3) is 3.72. The van der Waals surface area contributed by atoms with Crippen molar-refractivity contribution in [1.82, 2.24) is 19.6 Å². The first-order valence-electron chi connectivity index (χ1n) is 9.49. The lowest BCUT2D eigenvalue weighted by Crippen LogP contribution is -2.40. The molecule has 1 aliphatic heterocycles. The molecule has 4 aromatic rings. The number of nitrogens with zero attached hydrogens (tertiary/aromatic N) is 4. The fourth-order valence-electron chi connectivity index (χ4n) is 3.17. The predicted octanol–water partition coefficient (Wildman–Crippen LogP) is 2.43. The number of benzene rings is 1. The molecule has 1 aliphatic rings. The summed E-state index contributed by atoms with van der Waals surface area (Å²) >= 11 is 0. The van der Waals surface area contributed by atoms with Crippen molar-refractivity contribution in [3.8, 4) is 11.6 Å². The number of nitrogens with one attached hydrogen (secondary N) is 2. The number of ether oxygens (including phenoxy) is 1. The molecule has 0 amide bonds. The van der Waals surface area contributed by atoms with Crippen molar-refractivity contribution in [2.45, 2.75) is 12.5 Å². The largest absolute Gasteiger partial charge is 0.461 e. The van der Waals surface area contributed by atoms with Crippen LogP contribution in [0.4, 0.5) is 17.5 Å². The molecule has 0 atom stereocenters. The number of rotatable bonds is 7. The third-order valence-electron chi connectivity index (χ3n) is 4.77. The zero-order valence-electron chi connectivity index (χ0n) is 15.7. The van der Waals surface area contributed by atoms with E-state index in [1.54, 1.807) is 18.4 Å². The van der Waals surface area contributed by atoms with E-state index >= 15 is 0 Å². The predicted molar refractivity (Wildman–Crippen MR) is 110 cm³/mol. The van der Waals surface area contributed by atoms with Gasteiger partial charge in [0.2, 0.25) is 11.8 Å². The molecule has 0 radical (unpaired) electrons. The quantitative estimate of drug-likeness (QED) is 0.440. The average molecular weight is 391 g/mol. The zero-order valence-corrected chi connectivity index (χ0v) is 15.7. The molecule has 0 spiro atoms. The molecule has 5 rings (SSSR count). The Morgan fingerprint density at radius 3 is 2.72 bits per heavy atom. The number of fused-ring (bicyclic) bond motifs is 1. The second-order valence-corrected chi connectivity index (χ2v) is 6.93. The van der Waals surface area contributed by atoms with Crippen molar-refractivity contribution in [3.05, 3.63) is 54.3 Å². The van der Waals surface area contributed by atoms with Gasteiger partial charge in [0.05, 0.1) is 25.5 Å². The monoisotopic (exact) mass is 391 g/mol. The number of nitrogens with two attached hydrogens (primary N) is 1. The Bertz CT molecular complexity index is 1100. The van der Waals surface area contributed by atoms with Crippen molar-refractivity contribution in [2.75, 3.05) is 36.1 Å². The molecule has 0 unspecified atom stereocenters. The van der Waals surface area contributed by atoms with Gasteiger partial charge in [-0.3, -0.25) is 0 Å². The van der Waals surface area contributed by atoms with Gasteiger partial charge in [-0.2, -0.15) is 9.50 Å². The van der Waals surface area contributed by atoms with E-state index in [4.69, 9.17) is 14.9 Å². The summed E-state index contributed by atoms with van der Waals surface area (Å²) in [7, 11) is 0. The first-order chi connectivity index (χ1) is 14.2. The maximum Gasteiger partial charge on any atom is 0.225 e. The van der Waals surface area contributed by atoms with Gasteiger partial charge in [-0.15, -0.1) is 5.10 Å². The minimum Gasteiger partial charge on any atom is -0.461 e. The second kappa shape index (κ2) is 7.44. The smallest absolute Gasteiger partial charge is 0.225 e. The van der Waals surface area contributed by atoms with Crippen molar-refractivity contribution in [1.29, 1.82) is 0 Å². The fourth-order valence-corrected chi connectivity index (χ4v) is 3.17. The van der Waals surface area contributed by atoms with Gasteiger partial charge in [-0.25, -0.2) is 4.98 Å². The lowest BCUT2D eigenvalue weighted by molar-refractivity contribution is 0.0211. The van der Waals surface area contributed by atoms with E-state index in [1.165, 1.54) is 10.1 Å². The van der Waals surface area contributed by atoms with Crippen LogP contribution in [0.2, 0.25) is 0 Å². The van der Waals surface area contributed by atoms with Crippen LogP contribution in [-0.2, 0) is 11.2 Å². The Morgan fingerprint density at radius 1 is 1.14 bits per heavy atom. The Labute approximate surface area is 166 Å². The van der Waals surface area contributed by atoms with Crippen LogP contribution in [0.25, 0.3) is 17.2 Å². The van der Waals surface area contributed by atoms with E-state index in [0.717, 1.165) is 31.9 Å². The topological polar surface area (TPSA) is 116 Å². The summed E-state index contributed by atoms with van der Waals surface area (Å²) in [6, 6.07) is 14.3. The standard InChI is InChI=1S/C20H21N7O2/c21-20-24-17(10-18-25-19(26-27(18)20)16-2-1-9-29-16)22-8-7-13-3-5-14(6-4-13)23-15-11-28-12-15/h1-6,9-10,15,22-23H,7-8,11-12H2,(H2,21,24). The zero-order chi connectivity index (χ0) is 19.6. The Morgan fingerprint density at radius 2 is 2.00 bits per heavy atom. The van der Waals surface area contributed by atoms with Gasteiger partial charge in [0.1, 0.15) is 5.82 Å². The lowest BCUT2D eigenvalue weighted by atomic mass is 10.1. The molecule has 0 saturated carbocycles. The van der Waals surface area contributed by atoms with E-state index < -0.39 is 0 Å². The van der Waals surface area contributed by atoms with Crippen LogP contribution in [0.3, 0.4) is 0 Å². The molecule has 3 aromatic heterocycles. The first-order valence-corrected chi connectivity index (χ1v) is 9.49. The highest BCUT2D eigenvalue weighted by Crippen LogP contribution is 2.19. The van der Waals surface area contributed by atoms with Crippen molar-refractivity contribution in [2.24, 2.45) is 0 Å². The number of hydrogen-bond acceptors (Lipinski definition) is 8. The third-order valence-corrected chi connectivity index (χ3v) is 4.77. The Hall–Kier alpha value is -3.59. The normalized spacial score (nSPS) is 14.1. The minimum atomic E-state index is 0.269. The van der Waals surface area contributed by atoms with E-state index in [-0.39, 0.29) is 5.95 Å². The van der Waals surface area contributed by atoms with Crippen molar-refractivity contribution >= 4 is 23.1 Å². The van der Waals surface area contributed by atoms with Crippen molar-refractivity contribution in [3.63, 3.8) is 0 Å². The Kier molecular flexibility index (Phi) is 4.49. The maximum atomic E-state index is 6.04. The second-order valence-electron chi connectivity index (χ2n) is 6.93. The highest BCUT2D eigenvalue weighted by Gasteiger charge is 2.17. The molecule has 9 heteroatoms. The first kappa shape index (κ1) is 17.5.